The van der Waals surface area contributed by atoms with Gasteiger partial charge in [-0.2, -0.15) is 5.10 Å². The molecule has 0 saturated carbocycles. The van der Waals surface area contributed by atoms with E-state index >= 15 is 0 Å². The lowest BCUT2D eigenvalue weighted by molar-refractivity contribution is 0.414. The summed E-state index contributed by atoms with van der Waals surface area (Å²) in [7, 11) is 1.63. The minimum absolute atomic E-state index is 0.0705. The summed E-state index contributed by atoms with van der Waals surface area (Å²) >= 11 is 8.22. The summed E-state index contributed by atoms with van der Waals surface area (Å²) in [5.41, 5.74) is 3.86. The molecule has 1 aromatic carbocycles. The molecule has 0 radical (unpaired) electrons. The topological polar surface area (TPSA) is 56.1 Å². The average Bonchev–Trinajstić information content (AvgIpc) is 3.46. The number of rotatable bonds is 4. The van der Waals surface area contributed by atoms with E-state index in [0.29, 0.717) is 5.02 Å². The predicted molar refractivity (Wildman–Crippen MR) is 115 cm³/mol. The number of hydrogen-bond acceptors (Lipinski definition) is 6. The van der Waals surface area contributed by atoms with Crippen molar-refractivity contribution in [3.05, 3.63) is 70.5 Å². The molecule has 0 N–H and O–H groups in total. The fourth-order valence-electron chi connectivity index (χ4n) is 3.63. The van der Waals surface area contributed by atoms with Crippen LogP contribution >= 0.6 is 22.9 Å². The van der Waals surface area contributed by atoms with Crippen LogP contribution in [-0.4, -0.2) is 26.9 Å². The lowest BCUT2D eigenvalue weighted by Crippen LogP contribution is -2.26. The number of fused-ring (bicyclic) bond motifs is 1. The highest BCUT2D eigenvalue weighted by Gasteiger charge is 2.35. The molecule has 4 heterocycles. The quantitative estimate of drug-likeness (QED) is 0.447. The van der Waals surface area contributed by atoms with Crippen LogP contribution in [0.4, 0.5) is 11.5 Å². The zero-order valence-corrected chi connectivity index (χ0v) is 17.5. The van der Waals surface area contributed by atoms with E-state index in [1.807, 2.05) is 53.5 Å². The lowest BCUT2D eigenvalue weighted by Gasteiger charge is -2.28. The normalized spacial score (nSPS) is 15.6. The number of benzene rings is 1. The smallest absolute Gasteiger partial charge is 0.143 e. The molecule has 0 fully saturated rings. The van der Waals surface area contributed by atoms with Crippen molar-refractivity contribution in [2.75, 3.05) is 12.0 Å². The van der Waals surface area contributed by atoms with Crippen LogP contribution in [-0.2, 0) is 6.42 Å². The highest BCUT2D eigenvalue weighted by molar-refractivity contribution is 7.13. The molecule has 4 aromatic rings. The van der Waals surface area contributed by atoms with E-state index in [2.05, 4.69) is 16.0 Å². The average molecular weight is 424 g/mol. The zero-order valence-electron chi connectivity index (χ0n) is 15.9. The fourth-order valence-corrected chi connectivity index (χ4v) is 4.50. The molecule has 1 aliphatic rings. The van der Waals surface area contributed by atoms with Crippen molar-refractivity contribution < 1.29 is 4.74 Å². The van der Waals surface area contributed by atoms with Gasteiger partial charge in [0, 0.05) is 36.0 Å². The largest absolute Gasteiger partial charge is 0.497 e. The monoisotopic (exact) mass is 423 g/mol. The van der Waals surface area contributed by atoms with E-state index in [0.717, 1.165) is 40.1 Å². The maximum absolute atomic E-state index is 6.65. The molecule has 3 aromatic heterocycles. The van der Waals surface area contributed by atoms with Crippen LogP contribution in [0.5, 0.6) is 5.75 Å². The molecule has 5 rings (SSSR count). The maximum Gasteiger partial charge on any atom is 0.143 e. The molecule has 0 bridgehead atoms. The molecular formula is C21H18ClN5OS. The molecule has 0 aliphatic carbocycles. The molecule has 146 valence electrons. The van der Waals surface area contributed by atoms with Crippen molar-refractivity contribution in [2.45, 2.75) is 19.5 Å². The summed E-state index contributed by atoms with van der Waals surface area (Å²) in [6, 6.07) is 11.9. The van der Waals surface area contributed by atoms with Gasteiger partial charge >= 0.3 is 0 Å². The number of thiazole rings is 1. The molecular weight excluding hydrogens is 406 g/mol. The van der Waals surface area contributed by atoms with Gasteiger partial charge in [-0.15, -0.1) is 11.3 Å². The Morgan fingerprint density at radius 1 is 1.21 bits per heavy atom. The number of anilines is 2. The third-order valence-electron chi connectivity index (χ3n) is 5.00. The second-order valence-electron chi connectivity index (χ2n) is 6.83. The summed E-state index contributed by atoms with van der Waals surface area (Å²) in [6.45, 7) is 2.00. The van der Waals surface area contributed by atoms with Gasteiger partial charge in [0.15, 0.2) is 0 Å². The number of ether oxygens (including phenoxy) is 1. The van der Waals surface area contributed by atoms with Crippen LogP contribution in [0.3, 0.4) is 0 Å². The fraction of sp³-hybridized carbons (Fsp3) is 0.190. The summed E-state index contributed by atoms with van der Waals surface area (Å²) < 4.78 is 7.28. The molecule has 1 unspecified atom stereocenters. The van der Waals surface area contributed by atoms with E-state index in [1.54, 1.807) is 24.6 Å². The van der Waals surface area contributed by atoms with Crippen molar-refractivity contribution in [3.8, 4) is 16.5 Å². The Bertz CT molecular complexity index is 1170. The van der Waals surface area contributed by atoms with Crippen molar-refractivity contribution in [2.24, 2.45) is 0 Å². The summed E-state index contributed by atoms with van der Waals surface area (Å²) in [5.74, 6) is 1.63. The minimum Gasteiger partial charge on any atom is -0.497 e. The highest BCUT2D eigenvalue weighted by Crippen LogP contribution is 2.45. The number of pyridine rings is 1. The van der Waals surface area contributed by atoms with Crippen molar-refractivity contribution in [3.63, 3.8) is 0 Å². The Balaban J connectivity index is 1.61. The molecule has 29 heavy (non-hydrogen) atoms. The second-order valence-corrected chi connectivity index (χ2v) is 8.13. The van der Waals surface area contributed by atoms with E-state index in [1.165, 1.54) is 5.56 Å². The van der Waals surface area contributed by atoms with Gasteiger partial charge in [-0.1, -0.05) is 17.7 Å². The first-order chi connectivity index (χ1) is 14.1. The third kappa shape index (κ3) is 3.16. The number of halogens is 1. The van der Waals surface area contributed by atoms with Gasteiger partial charge in [-0.3, -0.25) is 0 Å². The van der Waals surface area contributed by atoms with Crippen molar-refractivity contribution in [1.29, 1.82) is 0 Å². The third-order valence-corrected chi connectivity index (χ3v) is 6.10. The van der Waals surface area contributed by atoms with Crippen molar-refractivity contribution >= 4 is 34.4 Å². The molecule has 0 saturated heterocycles. The molecule has 1 atom stereocenters. The van der Waals surface area contributed by atoms with Crippen LogP contribution in [0.15, 0.2) is 54.2 Å². The Morgan fingerprint density at radius 3 is 2.86 bits per heavy atom. The SMILES string of the molecule is COc1ccc(N2c3nc(C)ccc3CC2n2ccc(-c3nccs3)n2)c(Cl)c1. The first kappa shape index (κ1) is 18.1. The van der Waals surface area contributed by atoms with Gasteiger partial charge in [0.2, 0.25) is 0 Å². The summed E-state index contributed by atoms with van der Waals surface area (Å²) in [5, 5.41) is 8.27. The van der Waals surface area contributed by atoms with Crippen LogP contribution < -0.4 is 9.64 Å². The lowest BCUT2D eigenvalue weighted by atomic mass is 10.2. The second kappa shape index (κ2) is 7.17. The van der Waals surface area contributed by atoms with Gasteiger partial charge < -0.3 is 9.64 Å². The summed E-state index contributed by atoms with van der Waals surface area (Å²) in [6.07, 6.45) is 4.49. The first-order valence-corrected chi connectivity index (χ1v) is 10.4. The van der Waals surface area contributed by atoms with Gasteiger partial charge in [0.1, 0.15) is 28.4 Å². The van der Waals surface area contributed by atoms with Gasteiger partial charge in [-0.25, -0.2) is 14.6 Å². The number of nitrogens with zero attached hydrogens (tertiary/aromatic N) is 5. The molecule has 0 spiro atoms. The van der Waals surface area contributed by atoms with E-state index in [4.69, 9.17) is 26.4 Å². The first-order valence-electron chi connectivity index (χ1n) is 9.18. The predicted octanol–water partition coefficient (Wildman–Crippen LogP) is 5.27. The molecule has 0 amide bonds. The standard InChI is InChI=1S/C21H18ClN5OS/c1-13-3-4-14-11-19(26-9-7-17(25-26)21-23-8-10-29-21)27(20(14)24-13)18-6-5-15(28-2)12-16(18)22/h3-10,12,19H,11H2,1-2H3. The maximum atomic E-state index is 6.65. The van der Waals surface area contributed by atoms with Crippen molar-refractivity contribution in [1.82, 2.24) is 19.7 Å². The number of aryl methyl sites for hydroxylation is 1. The zero-order chi connectivity index (χ0) is 20.0. The Labute approximate surface area is 177 Å². The number of methoxy groups -OCH3 is 1. The van der Waals surface area contributed by atoms with Crippen LogP contribution in [0.2, 0.25) is 5.02 Å². The Kier molecular flexibility index (Phi) is 4.49. The van der Waals surface area contributed by atoms with Gasteiger partial charge in [0.05, 0.1) is 17.8 Å². The van der Waals surface area contributed by atoms with E-state index < -0.39 is 0 Å². The van der Waals surface area contributed by atoms with Crippen LogP contribution in [0.25, 0.3) is 10.7 Å². The number of hydrogen-bond donors (Lipinski definition) is 0. The molecule has 8 heteroatoms. The molecule has 6 nitrogen and oxygen atoms in total. The Morgan fingerprint density at radius 2 is 2.10 bits per heavy atom. The molecule has 1 aliphatic heterocycles. The van der Waals surface area contributed by atoms with Gasteiger partial charge in [0.25, 0.3) is 0 Å². The van der Waals surface area contributed by atoms with Crippen LogP contribution in [0, 0.1) is 6.92 Å². The Hall–Kier alpha value is -2.90. The summed E-state index contributed by atoms with van der Waals surface area (Å²) in [4.78, 5) is 11.3. The highest BCUT2D eigenvalue weighted by atomic mass is 35.5. The van der Waals surface area contributed by atoms with Crippen LogP contribution in [0.1, 0.15) is 17.4 Å². The van der Waals surface area contributed by atoms with Gasteiger partial charge in [-0.05, 0) is 36.8 Å². The van der Waals surface area contributed by atoms with E-state index in [-0.39, 0.29) is 6.17 Å². The van der Waals surface area contributed by atoms with E-state index in [9.17, 15) is 0 Å². The minimum atomic E-state index is -0.0705. The number of aromatic nitrogens is 4.